The van der Waals surface area contributed by atoms with E-state index in [9.17, 15) is 0 Å². The van der Waals surface area contributed by atoms with Gasteiger partial charge in [-0.2, -0.15) is 0 Å². The predicted molar refractivity (Wildman–Crippen MR) is 51.4 cm³/mol. The van der Waals surface area contributed by atoms with Crippen molar-refractivity contribution in [2.75, 3.05) is 0 Å². The first-order valence-corrected chi connectivity index (χ1v) is 2.51. The minimum absolute atomic E-state index is 0. The van der Waals surface area contributed by atoms with E-state index in [-0.39, 0.29) is 24.4 Å². The summed E-state index contributed by atoms with van der Waals surface area (Å²) in [6, 6.07) is 0. The van der Waals surface area contributed by atoms with E-state index in [1.807, 2.05) is 0 Å². The summed E-state index contributed by atoms with van der Waals surface area (Å²) in [4.78, 5) is 0. The van der Waals surface area contributed by atoms with Gasteiger partial charge in [0.25, 0.3) is 0 Å². The molecule has 0 aliphatic rings. The third-order valence-electron chi connectivity index (χ3n) is 0. The van der Waals surface area contributed by atoms with Crippen LogP contribution in [-0.4, -0.2) is 56.4 Å². The second-order valence-corrected chi connectivity index (χ2v) is 0.822. The summed E-state index contributed by atoms with van der Waals surface area (Å²) in [6.45, 7) is 0. The molecular weight excluding hydrogens is 302 g/mol. The molecule has 0 aromatic heterocycles. The molecule has 0 atom stereocenters. The zero-order valence-corrected chi connectivity index (χ0v) is 9.52. The van der Waals surface area contributed by atoms with E-state index < -0.39 is 0 Å². The Morgan fingerprint density at radius 1 is 0.700 bits per heavy atom. The zero-order valence-electron chi connectivity index (χ0n) is 4.51. The third kappa shape index (κ3) is 2000. The van der Waals surface area contributed by atoms with Crippen LogP contribution in [0.4, 0.5) is 0 Å². The summed E-state index contributed by atoms with van der Waals surface area (Å²) in [7, 11) is 0. The largest absolute Gasteiger partial charge is 3.00 e. The number of hydrogen-bond donors (Lipinski definition) is 3. The minimum atomic E-state index is 0. The average Bonchev–Trinajstić information content (AvgIpc) is 1.70. The van der Waals surface area contributed by atoms with Gasteiger partial charge in [0, 0.05) is 0 Å². The molecule has 0 amide bonds. The molecule has 0 rings (SSSR count). The number of hydrogen-bond acceptors (Lipinski definition) is 3. The summed E-state index contributed by atoms with van der Waals surface area (Å²) < 4.78 is 0. The second-order valence-electron chi connectivity index (χ2n) is 0.274. The maximum atomic E-state index is 7.13. The maximum Gasteiger partial charge on any atom is 3.00 e. The van der Waals surface area contributed by atoms with E-state index in [0.29, 0.717) is 0 Å². The summed E-state index contributed by atoms with van der Waals surface area (Å²) in [5.74, 6) is 0. The molecule has 0 aliphatic heterocycles. The van der Waals surface area contributed by atoms with Gasteiger partial charge in [-0.15, -0.1) is 0 Å². The molecule has 7 heteroatoms. The topological polar surface area (TPSA) is 60.7 Å². The van der Waals surface area contributed by atoms with Crippen molar-refractivity contribution in [1.29, 1.82) is 0 Å². The van der Waals surface area contributed by atoms with Crippen LogP contribution in [0, 0.1) is 0 Å². The van der Waals surface area contributed by atoms with Crippen LogP contribution in [0.3, 0.4) is 0 Å². The molecule has 0 bridgehead atoms. The monoisotopic (exact) mass is 304 g/mol. The Hall–Kier alpha value is 0.488. The van der Waals surface area contributed by atoms with Gasteiger partial charge in [-0.05, 0) is 0 Å². The molecule has 10 heavy (non-hydrogen) atoms. The summed E-state index contributed by atoms with van der Waals surface area (Å²) in [6.07, 6.45) is 0. The van der Waals surface area contributed by atoms with Crippen molar-refractivity contribution in [2.24, 2.45) is 0 Å². The zero-order chi connectivity index (χ0) is 8.12. The fourth-order valence-corrected chi connectivity index (χ4v) is 0. The van der Waals surface area contributed by atoms with Gasteiger partial charge in [-0.1, -0.05) is 0 Å². The van der Waals surface area contributed by atoms with Crippen molar-refractivity contribution in [2.45, 2.75) is 0 Å². The van der Waals surface area contributed by atoms with Crippen LogP contribution in [0.2, 0.25) is 0 Å². The van der Waals surface area contributed by atoms with Crippen LogP contribution in [0.1, 0.15) is 0 Å². The first-order valence-electron chi connectivity index (χ1n) is 1.28. The van der Waals surface area contributed by atoms with Crippen molar-refractivity contribution in [3.05, 3.63) is 0 Å². The molecule has 0 aromatic carbocycles. The first-order chi connectivity index (χ1) is 4.24. The van der Waals surface area contributed by atoms with E-state index in [1.54, 1.807) is 0 Å². The molecular formula is C3H3O3S3Sb. The van der Waals surface area contributed by atoms with Gasteiger partial charge in [0.05, 0.1) is 0 Å². The smallest absolute Gasteiger partial charge is 0.694 e. The van der Waals surface area contributed by atoms with Gasteiger partial charge in [0.15, 0.2) is 0 Å². The standard InChI is InChI=1S/3CHOS.Sb/c3*2-1-3;/h3*(H,2,3);/q3*-1;+3. The summed E-state index contributed by atoms with van der Waals surface area (Å²) in [5, 5.41) is 21.4. The third-order valence-corrected chi connectivity index (χ3v) is 0. The van der Waals surface area contributed by atoms with Crippen molar-refractivity contribution in [3.8, 4) is 0 Å². The summed E-state index contributed by atoms with van der Waals surface area (Å²) >= 11 is 11.1. The molecule has 0 saturated carbocycles. The van der Waals surface area contributed by atoms with Crippen LogP contribution < -0.4 is 0 Å². The predicted octanol–water partition coefficient (Wildman–Crippen LogP) is 0.755. The van der Waals surface area contributed by atoms with Gasteiger partial charge >= 0.3 is 24.4 Å². The Labute approximate surface area is 92.5 Å². The van der Waals surface area contributed by atoms with E-state index in [0.717, 1.165) is 0 Å². The van der Waals surface area contributed by atoms with Crippen molar-refractivity contribution in [1.82, 2.24) is 0 Å². The van der Waals surface area contributed by atoms with E-state index in [4.69, 9.17) is 15.3 Å². The molecule has 0 fully saturated rings. The van der Waals surface area contributed by atoms with Gasteiger partial charge in [-0.3, -0.25) is 0 Å². The van der Waals surface area contributed by atoms with Gasteiger partial charge in [0.2, 0.25) is 0 Å². The molecule has 0 heterocycles. The molecule has 3 nitrogen and oxygen atoms in total. The van der Waals surface area contributed by atoms with Crippen molar-refractivity contribution >= 4 is 77.7 Å². The first kappa shape index (κ1) is 22.4. The summed E-state index contributed by atoms with van der Waals surface area (Å²) in [5.41, 5.74) is 4.00. The SMILES string of the molecule is O[C-]=S.O[C-]=S.O[C-]=S.[Sb+3]. The van der Waals surface area contributed by atoms with E-state index in [1.165, 1.54) is 16.7 Å². The second kappa shape index (κ2) is 56.2. The van der Waals surface area contributed by atoms with Crippen LogP contribution in [0.15, 0.2) is 0 Å². The number of aliphatic hydroxyl groups is 3. The normalized spacial score (nSPS) is 3.60. The molecule has 56 valence electrons. The Kier molecular flexibility index (Phi) is 126. The fraction of sp³-hybridized carbons (Fsp3) is 0. The van der Waals surface area contributed by atoms with Crippen molar-refractivity contribution < 1.29 is 15.3 Å². The Bertz CT molecular complexity index is 55.7. The quantitative estimate of drug-likeness (QED) is 0.349. The van der Waals surface area contributed by atoms with Crippen LogP contribution in [-0.2, 0) is 0 Å². The molecule has 0 aliphatic carbocycles. The molecule has 0 unspecified atom stereocenters. The van der Waals surface area contributed by atoms with Gasteiger partial charge in [-0.25, -0.2) is 16.7 Å². The van der Waals surface area contributed by atoms with E-state index >= 15 is 0 Å². The molecule has 0 aromatic rings. The Morgan fingerprint density at radius 2 is 0.700 bits per heavy atom. The van der Waals surface area contributed by atoms with Gasteiger partial charge < -0.3 is 52.0 Å². The van der Waals surface area contributed by atoms with E-state index in [2.05, 4.69) is 36.7 Å². The van der Waals surface area contributed by atoms with Crippen LogP contribution in [0.25, 0.3) is 0 Å². The average molecular weight is 305 g/mol. The Balaban J connectivity index is -0.0000000257. The van der Waals surface area contributed by atoms with Crippen molar-refractivity contribution in [3.63, 3.8) is 0 Å². The molecule has 3 N–H and O–H groups in total. The minimum Gasteiger partial charge on any atom is -0.694 e. The molecule has 2 radical (unpaired) electrons. The van der Waals surface area contributed by atoms with Crippen LogP contribution >= 0.6 is 36.7 Å². The van der Waals surface area contributed by atoms with Crippen LogP contribution in [0.5, 0.6) is 0 Å². The number of thiocarbonyl (C=S) groups is 3. The molecule has 0 spiro atoms. The fourth-order valence-electron chi connectivity index (χ4n) is 0. The number of rotatable bonds is 0. The van der Waals surface area contributed by atoms with Gasteiger partial charge in [0.1, 0.15) is 0 Å². The number of aliphatic hydroxyl groups excluding tert-OH is 3. The Morgan fingerprint density at radius 3 is 0.700 bits per heavy atom. The maximum absolute atomic E-state index is 7.13. The molecule has 0 saturated heterocycles.